The summed E-state index contributed by atoms with van der Waals surface area (Å²) in [5, 5.41) is 0. The number of hydrogen-bond donors (Lipinski definition) is 0. The molecular weight excluding hydrogens is 236 g/mol. The molecule has 0 saturated heterocycles. The van der Waals surface area contributed by atoms with Gasteiger partial charge in [-0.1, -0.05) is 57.2 Å². The molecule has 0 radical (unpaired) electrons. The zero-order chi connectivity index (χ0) is 14.1. The molecule has 0 bridgehead atoms. The number of benzene rings is 1. The third kappa shape index (κ3) is 5.82. The molecule has 1 aromatic carbocycles. The summed E-state index contributed by atoms with van der Waals surface area (Å²) in [6, 6.07) is 7.04. The molecule has 2 heteroatoms. The highest BCUT2D eigenvalue weighted by molar-refractivity contribution is 6.00. The summed E-state index contributed by atoms with van der Waals surface area (Å²) in [5.41, 5.74) is 1.29. The van der Waals surface area contributed by atoms with Gasteiger partial charge in [-0.15, -0.1) is 0 Å². The maximum atomic E-state index is 12.0. The van der Waals surface area contributed by atoms with Gasteiger partial charge in [-0.3, -0.25) is 9.59 Å². The van der Waals surface area contributed by atoms with Crippen molar-refractivity contribution in [1.82, 2.24) is 0 Å². The maximum Gasteiger partial charge on any atom is 0.162 e. The minimum absolute atomic E-state index is 0.00853. The third-order valence-corrected chi connectivity index (χ3v) is 3.35. The van der Waals surface area contributed by atoms with E-state index in [1.165, 1.54) is 32.6 Å². The third-order valence-electron chi connectivity index (χ3n) is 3.35. The van der Waals surface area contributed by atoms with Gasteiger partial charge < -0.3 is 0 Å². The lowest BCUT2D eigenvalue weighted by Crippen LogP contribution is -2.01. The summed E-state index contributed by atoms with van der Waals surface area (Å²) in [7, 11) is 0. The molecule has 19 heavy (non-hydrogen) atoms. The molecule has 0 amide bonds. The topological polar surface area (TPSA) is 34.1 Å². The monoisotopic (exact) mass is 260 g/mol. The van der Waals surface area contributed by atoms with Crippen molar-refractivity contribution in [1.29, 1.82) is 0 Å². The van der Waals surface area contributed by atoms with Crippen LogP contribution in [0.1, 0.15) is 79.5 Å². The van der Waals surface area contributed by atoms with Crippen molar-refractivity contribution in [2.45, 2.75) is 58.8 Å². The summed E-state index contributed by atoms with van der Waals surface area (Å²) in [4.78, 5) is 23.3. The highest BCUT2D eigenvalue weighted by Gasteiger charge is 2.07. The molecule has 0 unspecified atom stereocenters. The van der Waals surface area contributed by atoms with Crippen molar-refractivity contribution in [3.05, 3.63) is 35.4 Å². The summed E-state index contributed by atoms with van der Waals surface area (Å²) < 4.78 is 0. The van der Waals surface area contributed by atoms with Gasteiger partial charge in [0.2, 0.25) is 0 Å². The molecule has 0 saturated carbocycles. The molecule has 1 aromatic rings. The summed E-state index contributed by atoms with van der Waals surface area (Å²) >= 11 is 0. The highest BCUT2D eigenvalue weighted by Crippen LogP contribution is 2.12. The fourth-order valence-corrected chi connectivity index (χ4v) is 2.12. The Kier molecular flexibility index (Phi) is 7.09. The first kappa shape index (κ1) is 15.6. The lowest BCUT2D eigenvalue weighted by Gasteiger charge is -2.03. The predicted octanol–water partition coefficient (Wildman–Crippen LogP) is 4.82. The van der Waals surface area contributed by atoms with E-state index < -0.39 is 0 Å². The molecule has 0 fully saturated rings. The van der Waals surface area contributed by atoms with Crippen LogP contribution in [0, 0.1) is 0 Å². The van der Waals surface area contributed by atoms with E-state index in [1.54, 1.807) is 24.3 Å². The van der Waals surface area contributed by atoms with Crippen molar-refractivity contribution in [3.63, 3.8) is 0 Å². The van der Waals surface area contributed by atoms with Crippen molar-refractivity contribution in [3.8, 4) is 0 Å². The predicted molar refractivity (Wildman–Crippen MR) is 78.8 cm³/mol. The van der Waals surface area contributed by atoms with E-state index in [1.807, 2.05) is 0 Å². The van der Waals surface area contributed by atoms with Crippen molar-refractivity contribution in [2.24, 2.45) is 0 Å². The molecule has 0 spiro atoms. The maximum absolute atomic E-state index is 12.0. The molecular formula is C17H24O2. The number of hydrogen-bond acceptors (Lipinski definition) is 2. The quantitative estimate of drug-likeness (QED) is 0.471. The number of rotatable bonds is 9. The van der Waals surface area contributed by atoms with Crippen LogP contribution in [0.15, 0.2) is 24.3 Å². The number of ketones is 2. The van der Waals surface area contributed by atoms with Gasteiger partial charge in [-0.05, 0) is 19.4 Å². The first-order chi connectivity index (χ1) is 9.15. The van der Waals surface area contributed by atoms with Crippen molar-refractivity contribution < 1.29 is 9.59 Å². The molecule has 104 valence electrons. The lowest BCUT2D eigenvalue weighted by molar-refractivity contribution is 0.0979. The molecule has 0 atom stereocenters. The van der Waals surface area contributed by atoms with Gasteiger partial charge in [0.25, 0.3) is 0 Å². The normalized spacial score (nSPS) is 10.4. The number of unbranched alkanes of at least 4 members (excludes halogenated alkanes) is 5. The minimum atomic E-state index is 0.00853. The van der Waals surface area contributed by atoms with Crippen molar-refractivity contribution >= 4 is 11.6 Å². The number of Topliss-reactive ketones (excluding diaryl/α,β-unsaturated/α-hetero) is 2. The standard InChI is InChI=1S/C17H24O2/c1-3-4-5-6-7-8-12-17(19)16-11-9-10-15(13-16)14(2)18/h9-11,13H,3-8,12H2,1-2H3. The Morgan fingerprint density at radius 3 is 2.26 bits per heavy atom. The van der Waals surface area contributed by atoms with Gasteiger partial charge >= 0.3 is 0 Å². The Balaban J connectivity index is 2.37. The second-order valence-corrected chi connectivity index (χ2v) is 5.08. The highest BCUT2D eigenvalue weighted by atomic mass is 16.1. The Labute approximate surface area is 116 Å². The van der Waals surface area contributed by atoms with Gasteiger partial charge in [0, 0.05) is 17.5 Å². The zero-order valence-corrected chi connectivity index (χ0v) is 12.1. The van der Waals surface area contributed by atoms with E-state index >= 15 is 0 Å². The number of carbonyl (C=O) groups excluding carboxylic acids is 2. The van der Waals surface area contributed by atoms with E-state index in [-0.39, 0.29) is 11.6 Å². The molecule has 0 aliphatic rings. The van der Waals surface area contributed by atoms with Gasteiger partial charge in [0.1, 0.15) is 0 Å². The Morgan fingerprint density at radius 2 is 1.58 bits per heavy atom. The van der Waals surface area contributed by atoms with Crippen LogP contribution in [0.4, 0.5) is 0 Å². The smallest absolute Gasteiger partial charge is 0.162 e. The van der Waals surface area contributed by atoms with Crippen LogP contribution in [0.5, 0.6) is 0 Å². The molecule has 1 rings (SSSR count). The van der Waals surface area contributed by atoms with Gasteiger partial charge in [0.05, 0.1) is 0 Å². The molecule has 0 aliphatic carbocycles. The molecule has 0 aromatic heterocycles. The summed E-state index contributed by atoms with van der Waals surface area (Å²) in [6.45, 7) is 3.73. The fourth-order valence-electron chi connectivity index (χ4n) is 2.12. The Bertz CT molecular complexity index is 421. The fraction of sp³-hybridized carbons (Fsp3) is 0.529. The van der Waals surface area contributed by atoms with Gasteiger partial charge in [-0.25, -0.2) is 0 Å². The first-order valence-corrected chi connectivity index (χ1v) is 7.29. The SMILES string of the molecule is CCCCCCCCC(=O)c1cccc(C(C)=O)c1. The van der Waals surface area contributed by atoms with E-state index in [2.05, 4.69) is 6.92 Å². The second kappa shape index (κ2) is 8.63. The average Bonchev–Trinajstić information content (AvgIpc) is 2.42. The Morgan fingerprint density at radius 1 is 0.947 bits per heavy atom. The second-order valence-electron chi connectivity index (χ2n) is 5.08. The van der Waals surface area contributed by atoms with Gasteiger partial charge in [0.15, 0.2) is 11.6 Å². The molecule has 0 aliphatic heterocycles. The van der Waals surface area contributed by atoms with E-state index in [4.69, 9.17) is 0 Å². The van der Waals surface area contributed by atoms with Crippen LogP contribution >= 0.6 is 0 Å². The van der Waals surface area contributed by atoms with Gasteiger partial charge in [-0.2, -0.15) is 0 Å². The summed E-state index contributed by atoms with van der Waals surface area (Å²) in [6.07, 6.45) is 7.68. The van der Waals surface area contributed by atoms with E-state index in [0.29, 0.717) is 17.5 Å². The Hall–Kier alpha value is -1.44. The molecule has 2 nitrogen and oxygen atoms in total. The van der Waals surface area contributed by atoms with Crippen LogP contribution in [0.25, 0.3) is 0 Å². The van der Waals surface area contributed by atoms with Crippen LogP contribution in [-0.4, -0.2) is 11.6 Å². The molecule has 0 N–H and O–H groups in total. The number of carbonyl (C=O) groups is 2. The van der Waals surface area contributed by atoms with Crippen LogP contribution in [0.3, 0.4) is 0 Å². The molecule has 0 heterocycles. The average molecular weight is 260 g/mol. The van der Waals surface area contributed by atoms with Crippen LogP contribution in [0.2, 0.25) is 0 Å². The first-order valence-electron chi connectivity index (χ1n) is 7.29. The largest absolute Gasteiger partial charge is 0.295 e. The van der Waals surface area contributed by atoms with E-state index in [0.717, 1.165) is 12.8 Å². The van der Waals surface area contributed by atoms with Crippen molar-refractivity contribution in [2.75, 3.05) is 0 Å². The zero-order valence-electron chi connectivity index (χ0n) is 12.1. The minimum Gasteiger partial charge on any atom is -0.295 e. The van der Waals surface area contributed by atoms with E-state index in [9.17, 15) is 9.59 Å². The van der Waals surface area contributed by atoms with Crippen LogP contribution < -0.4 is 0 Å². The summed E-state index contributed by atoms with van der Waals surface area (Å²) in [5.74, 6) is 0.160. The lowest BCUT2D eigenvalue weighted by atomic mass is 10.0. The van der Waals surface area contributed by atoms with Crippen LogP contribution in [-0.2, 0) is 0 Å².